The molecule has 0 fully saturated rings. The Morgan fingerprint density at radius 3 is 2.78 bits per heavy atom. The van der Waals surface area contributed by atoms with Gasteiger partial charge in [-0.3, -0.25) is 0 Å². The zero-order chi connectivity index (χ0) is 16.7. The summed E-state index contributed by atoms with van der Waals surface area (Å²) in [6.45, 7) is 2.55. The topological polar surface area (TPSA) is 62.1 Å². The first-order chi connectivity index (χ1) is 11.2. The fourth-order valence-corrected chi connectivity index (χ4v) is 3.14. The van der Waals surface area contributed by atoms with Crippen LogP contribution >= 0.6 is 0 Å². The molecular formula is C18H20N2O2Se. The van der Waals surface area contributed by atoms with E-state index in [2.05, 4.69) is 16.4 Å². The summed E-state index contributed by atoms with van der Waals surface area (Å²) in [4.78, 5) is 14.4. The van der Waals surface area contributed by atoms with Gasteiger partial charge in [0.05, 0.1) is 7.11 Å². The molecule has 0 aromatic heterocycles. The van der Waals surface area contributed by atoms with E-state index >= 15 is 0 Å². The van der Waals surface area contributed by atoms with E-state index in [0.717, 1.165) is 33.8 Å². The first kappa shape index (κ1) is 17.3. The predicted octanol–water partition coefficient (Wildman–Crippen LogP) is 3.06. The number of nitriles is 1. The Morgan fingerprint density at radius 1 is 1.30 bits per heavy atom. The molecule has 0 saturated heterocycles. The average Bonchev–Trinajstić information content (AvgIpc) is 2.59. The van der Waals surface area contributed by atoms with E-state index in [0.29, 0.717) is 6.54 Å². The molecule has 5 heteroatoms. The van der Waals surface area contributed by atoms with Crippen LogP contribution in [0.4, 0.5) is 0 Å². The summed E-state index contributed by atoms with van der Waals surface area (Å²) in [6, 6.07) is 12.0. The summed E-state index contributed by atoms with van der Waals surface area (Å²) in [5.74, 6) is 0.667. The number of amides is 1. The van der Waals surface area contributed by atoms with Crippen LogP contribution in [0.3, 0.4) is 0 Å². The number of hydrogen-bond acceptors (Lipinski definition) is 3. The summed E-state index contributed by atoms with van der Waals surface area (Å²) in [5.41, 5.74) is 1.00. The minimum absolute atomic E-state index is 0.0299. The van der Waals surface area contributed by atoms with Gasteiger partial charge in [0.1, 0.15) is 0 Å². The Labute approximate surface area is 143 Å². The Morgan fingerprint density at radius 2 is 2.04 bits per heavy atom. The van der Waals surface area contributed by atoms with Gasteiger partial charge in [-0.1, -0.05) is 0 Å². The standard InChI is InChI=1S/C18H20N2O2Se/c1-13(18(21)20-8-3-9-23-12-19)14-4-5-16-11-17(22-2)7-6-15(16)10-14/h4-7,10-11,13H,3,8-9H2,1-2H3,(H,20,21). The van der Waals surface area contributed by atoms with Crippen molar-refractivity contribution in [2.45, 2.75) is 24.6 Å². The van der Waals surface area contributed by atoms with Crippen LogP contribution < -0.4 is 10.1 Å². The van der Waals surface area contributed by atoms with Crippen LogP contribution in [0.5, 0.6) is 5.75 Å². The number of methoxy groups -OCH3 is 1. The van der Waals surface area contributed by atoms with Crippen LogP contribution in [0.2, 0.25) is 5.32 Å². The van der Waals surface area contributed by atoms with E-state index < -0.39 is 0 Å². The maximum atomic E-state index is 12.2. The van der Waals surface area contributed by atoms with E-state index in [1.54, 1.807) is 7.11 Å². The van der Waals surface area contributed by atoms with Crippen molar-refractivity contribution >= 4 is 31.6 Å². The average molecular weight is 375 g/mol. The quantitative estimate of drug-likeness (QED) is 0.598. The van der Waals surface area contributed by atoms with Crippen molar-refractivity contribution in [2.24, 2.45) is 0 Å². The van der Waals surface area contributed by atoms with Crippen molar-refractivity contribution in [3.05, 3.63) is 42.0 Å². The number of benzene rings is 2. The number of ether oxygens (including phenoxy) is 1. The van der Waals surface area contributed by atoms with E-state index in [1.807, 2.05) is 37.3 Å². The molecule has 2 aromatic rings. The van der Waals surface area contributed by atoms with Crippen LogP contribution in [0.25, 0.3) is 10.8 Å². The maximum absolute atomic E-state index is 12.2. The number of carbonyl (C=O) groups is 1. The van der Waals surface area contributed by atoms with Gasteiger partial charge in [0.2, 0.25) is 0 Å². The molecule has 2 aromatic carbocycles. The SMILES string of the molecule is COc1ccc2cc(C(C)C(=O)NCCC[Se]C#N)ccc2c1. The van der Waals surface area contributed by atoms with E-state index in [9.17, 15) is 4.79 Å². The molecule has 0 aliphatic carbocycles. The van der Waals surface area contributed by atoms with Crippen LogP contribution in [0, 0.1) is 10.2 Å². The number of rotatable bonds is 7. The van der Waals surface area contributed by atoms with Crippen molar-refractivity contribution < 1.29 is 9.53 Å². The third-order valence-corrected chi connectivity index (χ3v) is 5.06. The molecule has 0 spiro atoms. The second kappa shape index (κ2) is 8.57. The summed E-state index contributed by atoms with van der Waals surface area (Å²) < 4.78 is 5.23. The van der Waals surface area contributed by atoms with Gasteiger partial charge in [-0.05, 0) is 0 Å². The molecule has 1 N–H and O–H groups in total. The van der Waals surface area contributed by atoms with Gasteiger partial charge < -0.3 is 4.74 Å². The molecule has 120 valence electrons. The Hall–Kier alpha value is -2.02. The van der Waals surface area contributed by atoms with Gasteiger partial charge in [0, 0.05) is 0 Å². The minimum atomic E-state index is -0.192. The number of carbonyl (C=O) groups excluding carboxylic acids is 1. The number of fused-ring (bicyclic) bond motifs is 1. The monoisotopic (exact) mass is 376 g/mol. The molecule has 1 unspecified atom stereocenters. The summed E-state index contributed by atoms with van der Waals surface area (Å²) in [5, 5.41) is 14.5. The third-order valence-electron chi connectivity index (χ3n) is 3.75. The molecule has 23 heavy (non-hydrogen) atoms. The first-order valence-electron chi connectivity index (χ1n) is 7.52. The summed E-state index contributed by atoms with van der Waals surface area (Å²) >= 11 is 0.0374. The van der Waals surface area contributed by atoms with Crippen molar-refractivity contribution in [1.82, 2.24) is 5.32 Å². The van der Waals surface area contributed by atoms with Crippen LogP contribution in [0.15, 0.2) is 36.4 Å². The van der Waals surface area contributed by atoms with E-state index in [1.165, 1.54) is 0 Å². The van der Waals surface area contributed by atoms with E-state index in [-0.39, 0.29) is 26.8 Å². The molecule has 0 bridgehead atoms. The molecule has 0 aliphatic rings. The molecule has 0 radical (unpaired) electrons. The van der Waals surface area contributed by atoms with Gasteiger partial charge in [0.15, 0.2) is 0 Å². The van der Waals surface area contributed by atoms with Gasteiger partial charge in [-0.15, -0.1) is 0 Å². The molecular weight excluding hydrogens is 355 g/mol. The first-order valence-corrected chi connectivity index (χ1v) is 9.59. The van der Waals surface area contributed by atoms with Gasteiger partial charge in [-0.25, -0.2) is 0 Å². The van der Waals surface area contributed by atoms with Crippen molar-refractivity contribution in [3.8, 4) is 10.7 Å². The fourth-order valence-electron chi connectivity index (χ4n) is 2.34. The molecule has 4 nitrogen and oxygen atoms in total. The van der Waals surface area contributed by atoms with Crippen LogP contribution in [-0.2, 0) is 4.79 Å². The Kier molecular flexibility index (Phi) is 6.46. The van der Waals surface area contributed by atoms with Crippen molar-refractivity contribution in [2.75, 3.05) is 13.7 Å². The zero-order valence-electron chi connectivity index (χ0n) is 13.3. The second-order valence-electron chi connectivity index (χ2n) is 5.28. The molecule has 1 amide bonds. The van der Waals surface area contributed by atoms with Gasteiger partial charge in [0.25, 0.3) is 0 Å². The molecule has 0 aliphatic heterocycles. The predicted molar refractivity (Wildman–Crippen MR) is 92.7 cm³/mol. The molecule has 0 saturated carbocycles. The Balaban J connectivity index is 2.01. The van der Waals surface area contributed by atoms with Gasteiger partial charge in [-0.2, -0.15) is 0 Å². The number of hydrogen-bond donors (Lipinski definition) is 1. The van der Waals surface area contributed by atoms with Crippen LogP contribution in [-0.4, -0.2) is 34.5 Å². The molecule has 0 heterocycles. The van der Waals surface area contributed by atoms with Gasteiger partial charge >= 0.3 is 131 Å². The zero-order valence-corrected chi connectivity index (χ0v) is 15.0. The molecule has 2 rings (SSSR count). The summed E-state index contributed by atoms with van der Waals surface area (Å²) in [7, 11) is 1.65. The molecule has 1 atom stereocenters. The summed E-state index contributed by atoms with van der Waals surface area (Å²) in [6.07, 6.45) is 0.865. The second-order valence-corrected chi connectivity index (χ2v) is 7.12. The van der Waals surface area contributed by atoms with Crippen molar-refractivity contribution in [1.29, 1.82) is 5.26 Å². The van der Waals surface area contributed by atoms with Crippen molar-refractivity contribution in [3.63, 3.8) is 0 Å². The van der Waals surface area contributed by atoms with E-state index in [4.69, 9.17) is 10.00 Å². The number of nitrogens with zero attached hydrogens (tertiary/aromatic N) is 1. The van der Waals surface area contributed by atoms with Crippen LogP contribution in [0.1, 0.15) is 24.8 Å². The Bertz CT molecular complexity index is 725. The number of nitrogens with one attached hydrogen (secondary N) is 1. The third kappa shape index (κ3) is 4.72. The normalized spacial score (nSPS) is 11.7. The fraction of sp³-hybridized carbons (Fsp3) is 0.333.